The lowest BCUT2D eigenvalue weighted by atomic mass is 9.89. The summed E-state index contributed by atoms with van der Waals surface area (Å²) >= 11 is 0. The van der Waals surface area contributed by atoms with E-state index in [-0.39, 0.29) is 30.2 Å². The monoisotopic (exact) mass is 383 g/mol. The molecule has 2 heterocycles. The molecule has 0 bridgehead atoms. The van der Waals surface area contributed by atoms with E-state index in [0.717, 1.165) is 27.8 Å². The summed E-state index contributed by atoms with van der Waals surface area (Å²) in [5.41, 5.74) is 2.46. The van der Waals surface area contributed by atoms with Crippen molar-refractivity contribution in [3.63, 3.8) is 0 Å². The lowest BCUT2D eigenvalue weighted by Gasteiger charge is -2.23. The number of hydrogen-bond donors (Lipinski definition) is 2. The number of carbonyl (C=O) groups is 3. The minimum atomic E-state index is -0.538. The van der Waals surface area contributed by atoms with E-state index in [0.29, 0.717) is 12.8 Å². The third-order valence-electron chi connectivity index (χ3n) is 4.53. The van der Waals surface area contributed by atoms with Crippen LogP contribution in [-0.2, 0) is 19.1 Å². The predicted octanol–water partition coefficient (Wildman–Crippen LogP) is 2.82. The fourth-order valence-corrected chi connectivity index (χ4v) is 3.34. The number of benzene rings is 1. The van der Waals surface area contributed by atoms with E-state index in [1.54, 1.807) is 0 Å². The molecule has 1 aliphatic heterocycles. The molecule has 1 aromatic heterocycles. The minimum absolute atomic E-state index is 0.0337. The summed E-state index contributed by atoms with van der Waals surface area (Å²) in [5, 5.41) is 6.35. The van der Waals surface area contributed by atoms with Crippen molar-refractivity contribution in [2.45, 2.75) is 52.1 Å². The number of nitrogens with one attached hydrogen (secondary N) is 2. The lowest BCUT2D eigenvalue weighted by Crippen LogP contribution is -2.39. The van der Waals surface area contributed by atoms with Crippen LogP contribution in [0.15, 0.2) is 24.3 Å². The van der Waals surface area contributed by atoms with Crippen LogP contribution >= 0.6 is 0 Å². The van der Waals surface area contributed by atoms with E-state index in [1.165, 1.54) is 0 Å². The average Bonchev–Trinajstić information content (AvgIpc) is 2.58. The summed E-state index contributed by atoms with van der Waals surface area (Å²) < 4.78 is 5.32. The summed E-state index contributed by atoms with van der Waals surface area (Å²) in [6.45, 7) is 7.36. The van der Waals surface area contributed by atoms with E-state index in [1.807, 2.05) is 52.0 Å². The number of carbonyl (C=O) groups excluding carboxylic acids is 3. The Morgan fingerprint density at radius 3 is 2.75 bits per heavy atom. The van der Waals surface area contributed by atoms with Crippen molar-refractivity contribution in [1.82, 2.24) is 10.3 Å². The highest BCUT2D eigenvalue weighted by Crippen LogP contribution is 2.31. The Balaban J connectivity index is 1.85. The van der Waals surface area contributed by atoms with Crippen molar-refractivity contribution < 1.29 is 19.1 Å². The normalized spacial score (nSPS) is 17.4. The Morgan fingerprint density at radius 1 is 1.32 bits per heavy atom. The van der Waals surface area contributed by atoms with Gasteiger partial charge < -0.3 is 10.1 Å². The summed E-state index contributed by atoms with van der Waals surface area (Å²) in [6.07, 6.45) is 0.806. The second-order valence-electron chi connectivity index (χ2n) is 7.98. The molecule has 2 amide bonds. The molecule has 28 heavy (non-hydrogen) atoms. The maximum absolute atomic E-state index is 12.2. The van der Waals surface area contributed by atoms with Crippen LogP contribution in [0, 0.1) is 6.92 Å². The highest BCUT2D eigenvalue weighted by molar-refractivity contribution is 6.01. The largest absolute Gasteiger partial charge is 0.459 e. The average molecular weight is 383 g/mol. The van der Waals surface area contributed by atoms with Crippen molar-refractivity contribution in [3.05, 3.63) is 35.5 Å². The van der Waals surface area contributed by atoms with E-state index < -0.39 is 5.60 Å². The van der Waals surface area contributed by atoms with Gasteiger partial charge in [0.15, 0.2) is 0 Å². The molecule has 2 aromatic rings. The van der Waals surface area contributed by atoms with Crippen molar-refractivity contribution in [2.75, 3.05) is 11.9 Å². The van der Waals surface area contributed by atoms with Crippen molar-refractivity contribution in [2.24, 2.45) is 0 Å². The Morgan fingerprint density at radius 2 is 2.07 bits per heavy atom. The summed E-state index contributed by atoms with van der Waals surface area (Å²) in [5.74, 6) is -1.24. The number of aryl methyl sites for hydroxylation is 1. The molecule has 7 nitrogen and oxygen atoms in total. The standard InChI is InChI=1S/C21H25N3O4/c1-12-15(14-8-9-17(25)24-20(14)27)10-13-6-5-7-16(19(13)23-12)22-11-18(26)28-21(2,3)4/h5-7,10,14,22H,8-9,11H2,1-4H3,(H,24,25,27). The molecule has 1 unspecified atom stereocenters. The number of amides is 2. The quantitative estimate of drug-likeness (QED) is 0.622. The van der Waals surface area contributed by atoms with Gasteiger partial charge in [-0.1, -0.05) is 12.1 Å². The number of para-hydroxylation sites is 1. The fourth-order valence-electron chi connectivity index (χ4n) is 3.34. The number of rotatable bonds is 4. The van der Waals surface area contributed by atoms with Gasteiger partial charge in [0.25, 0.3) is 0 Å². The molecule has 3 rings (SSSR count). The molecule has 148 valence electrons. The Hall–Kier alpha value is -2.96. The van der Waals surface area contributed by atoms with E-state index in [9.17, 15) is 14.4 Å². The maximum atomic E-state index is 12.2. The number of nitrogens with zero attached hydrogens (tertiary/aromatic N) is 1. The number of imide groups is 1. The van der Waals surface area contributed by atoms with Gasteiger partial charge in [-0.15, -0.1) is 0 Å². The van der Waals surface area contributed by atoms with Crippen LogP contribution in [0.2, 0.25) is 0 Å². The number of pyridine rings is 1. The molecule has 0 saturated carbocycles. The Kier molecular flexibility index (Phi) is 5.36. The van der Waals surface area contributed by atoms with Crippen LogP contribution in [0.5, 0.6) is 0 Å². The smallest absolute Gasteiger partial charge is 0.325 e. The molecule has 0 aliphatic carbocycles. The third-order valence-corrected chi connectivity index (χ3v) is 4.53. The SMILES string of the molecule is Cc1nc2c(NCC(=O)OC(C)(C)C)cccc2cc1C1CCC(=O)NC1=O. The highest BCUT2D eigenvalue weighted by Gasteiger charge is 2.29. The van der Waals surface area contributed by atoms with Crippen LogP contribution in [0.25, 0.3) is 10.9 Å². The first-order valence-corrected chi connectivity index (χ1v) is 9.34. The van der Waals surface area contributed by atoms with Crippen LogP contribution in [0.1, 0.15) is 50.8 Å². The zero-order chi connectivity index (χ0) is 20.5. The van der Waals surface area contributed by atoms with Gasteiger partial charge in [0, 0.05) is 17.5 Å². The first kappa shape index (κ1) is 19.8. The second-order valence-corrected chi connectivity index (χ2v) is 7.98. The van der Waals surface area contributed by atoms with Crippen LogP contribution in [0.4, 0.5) is 5.69 Å². The molecule has 1 saturated heterocycles. The van der Waals surface area contributed by atoms with Gasteiger partial charge in [-0.3, -0.25) is 24.7 Å². The van der Waals surface area contributed by atoms with Crippen LogP contribution < -0.4 is 10.6 Å². The summed E-state index contributed by atoms with van der Waals surface area (Å²) in [7, 11) is 0. The molecule has 1 atom stereocenters. The lowest BCUT2D eigenvalue weighted by molar-refractivity contribution is -0.152. The Bertz CT molecular complexity index is 947. The van der Waals surface area contributed by atoms with Crippen LogP contribution in [-0.4, -0.2) is 34.9 Å². The highest BCUT2D eigenvalue weighted by atomic mass is 16.6. The number of esters is 1. The number of hydrogen-bond acceptors (Lipinski definition) is 6. The van der Waals surface area contributed by atoms with Gasteiger partial charge in [-0.25, -0.2) is 0 Å². The van der Waals surface area contributed by atoms with E-state index >= 15 is 0 Å². The summed E-state index contributed by atoms with van der Waals surface area (Å²) in [4.78, 5) is 40.3. The maximum Gasteiger partial charge on any atom is 0.325 e. The Labute approximate surface area is 163 Å². The third kappa shape index (κ3) is 4.47. The van der Waals surface area contributed by atoms with E-state index in [4.69, 9.17) is 4.74 Å². The first-order valence-electron chi connectivity index (χ1n) is 9.34. The van der Waals surface area contributed by atoms with Crippen molar-refractivity contribution in [3.8, 4) is 0 Å². The van der Waals surface area contributed by atoms with Crippen molar-refractivity contribution >= 4 is 34.4 Å². The second kappa shape index (κ2) is 7.58. The number of ether oxygens (including phenoxy) is 1. The predicted molar refractivity (Wildman–Crippen MR) is 106 cm³/mol. The van der Waals surface area contributed by atoms with Crippen molar-refractivity contribution in [1.29, 1.82) is 0 Å². The number of piperidine rings is 1. The molecular formula is C21H25N3O4. The molecular weight excluding hydrogens is 358 g/mol. The van der Waals surface area contributed by atoms with Gasteiger partial charge >= 0.3 is 5.97 Å². The zero-order valence-corrected chi connectivity index (χ0v) is 16.6. The molecule has 1 fully saturated rings. The van der Waals surface area contributed by atoms with E-state index in [2.05, 4.69) is 15.6 Å². The van der Waals surface area contributed by atoms with Crippen LogP contribution in [0.3, 0.4) is 0 Å². The molecule has 0 spiro atoms. The molecule has 2 N–H and O–H groups in total. The summed E-state index contributed by atoms with van der Waals surface area (Å²) in [6, 6.07) is 7.57. The topological polar surface area (TPSA) is 97.4 Å². The molecule has 0 radical (unpaired) electrons. The zero-order valence-electron chi connectivity index (χ0n) is 16.6. The molecule has 1 aromatic carbocycles. The van der Waals surface area contributed by atoms with Gasteiger partial charge in [0.05, 0.1) is 17.1 Å². The van der Waals surface area contributed by atoms with Gasteiger partial charge in [-0.05, 0) is 51.8 Å². The van der Waals surface area contributed by atoms with Gasteiger partial charge in [0.1, 0.15) is 12.1 Å². The molecule has 7 heteroatoms. The van der Waals surface area contributed by atoms with Gasteiger partial charge in [0.2, 0.25) is 11.8 Å². The number of aromatic nitrogens is 1. The number of anilines is 1. The van der Waals surface area contributed by atoms with Gasteiger partial charge in [-0.2, -0.15) is 0 Å². The minimum Gasteiger partial charge on any atom is -0.459 e. The molecule has 1 aliphatic rings. The first-order chi connectivity index (χ1) is 13.1. The number of fused-ring (bicyclic) bond motifs is 1. The fraction of sp³-hybridized carbons (Fsp3) is 0.429.